The van der Waals surface area contributed by atoms with Crippen LogP contribution in [0.5, 0.6) is 5.75 Å². The van der Waals surface area contributed by atoms with Crippen molar-refractivity contribution in [1.29, 1.82) is 0 Å². The lowest BCUT2D eigenvalue weighted by Gasteiger charge is -2.29. The number of para-hydroxylation sites is 2. The Kier molecular flexibility index (Phi) is 5.05. The first-order valence-electron chi connectivity index (χ1n) is 7.14. The minimum Gasteiger partial charge on any atom is -0.490 e. The van der Waals surface area contributed by atoms with E-state index >= 15 is 0 Å². The fraction of sp³-hybridized carbons (Fsp3) is 0.235. The molecule has 1 heterocycles. The van der Waals surface area contributed by atoms with Crippen molar-refractivity contribution in [3.8, 4) is 5.75 Å². The molecule has 2 aromatic carbocycles. The predicted molar refractivity (Wildman–Crippen MR) is 93.8 cm³/mol. The number of anilines is 1. The van der Waals surface area contributed by atoms with Gasteiger partial charge in [0.1, 0.15) is 12.4 Å². The summed E-state index contributed by atoms with van der Waals surface area (Å²) in [6, 6.07) is 15.9. The van der Waals surface area contributed by atoms with Crippen molar-refractivity contribution in [1.82, 2.24) is 0 Å². The van der Waals surface area contributed by atoms with Crippen LogP contribution in [0.1, 0.15) is 6.42 Å². The lowest BCUT2D eigenvalue weighted by atomic mass is 10.2. The molecule has 0 spiro atoms. The summed E-state index contributed by atoms with van der Waals surface area (Å²) >= 11 is 5.13. The molecule has 1 amide bonds. The third kappa shape index (κ3) is 3.65. The fourth-order valence-electron chi connectivity index (χ4n) is 2.35. The molecule has 0 aliphatic carbocycles. The van der Waals surface area contributed by atoms with Crippen LogP contribution in [-0.4, -0.2) is 24.8 Å². The molecule has 0 atom stereocenters. The van der Waals surface area contributed by atoms with E-state index in [0.29, 0.717) is 19.6 Å². The Morgan fingerprint density at radius 3 is 2.77 bits per heavy atom. The highest BCUT2D eigenvalue weighted by Crippen LogP contribution is 2.31. The van der Waals surface area contributed by atoms with Crippen molar-refractivity contribution in [2.24, 2.45) is 0 Å². The number of carbonyl (C=O) groups is 1. The fourth-order valence-corrected chi connectivity index (χ4v) is 3.46. The number of rotatable bonds is 4. The Bertz CT molecular complexity index is 660. The lowest BCUT2D eigenvalue weighted by Crippen LogP contribution is -2.38. The zero-order chi connectivity index (χ0) is 15.4. The van der Waals surface area contributed by atoms with Gasteiger partial charge in [-0.1, -0.05) is 28.1 Å². The maximum absolute atomic E-state index is 12.5. The molecule has 0 bridgehead atoms. The molecule has 1 aliphatic heterocycles. The number of fused-ring (bicyclic) bond motifs is 1. The Hall–Kier alpha value is -1.46. The van der Waals surface area contributed by atoms with Crippen molar-refractivity contribution < 1.29 is 9.53 Å². The topological polar surface area (TPSA) is 29.5 Å². The van der Waals surface area contributed by atoms with E-state index < -0.39 is 0 Å². The second-order valence-corrected chi connectivity index (χ2v) is 7.00. The Morgan fingerprint density at radius 1 is 1.18 bits per heavy atom. The quantitative estimate of drug-likeness (QED) is 0.741. The average Bonchev–Trinajstić information content (AvgIpc) is 2.56. The van der Waals surface area contributed by atoms with Crippen molar-refractivity contribution in [2.75, 3.05) is 23.8 Å². The van der Waals surface area contributed by atoms with Gasteiger partial charge in [-0.05, 0) is 36.4 Å². The summed E-state index contributed by atoms with van der Waals surface area (Å²) in [7, 11) is 0. The molecular formula is C17H16BrNO2S. The van der Waals surface area contributed by atoms with E-state index in [2.05, 4.69) is 28.1 Å². The van der Waals surface area contributed by atoms with Crippen LogP contribution in [0, 0.1) is 0 Å². The van der Waals surface area contributed by atoms with E-state index in [1.165, 1.54) is 4.90 Å². The van der Waals surface area contributed by atoms with Gasteiger partial charge >= 0.3 is 0 Å². The molecule has 1 aliphatic rings. The standard InChI is InChI=1S/C17H16BrNO2S/c18-13-5-7-14(8-6-13)22-12-9-17(20)19-10-11-21-16-4-2-1-3-15(16)19/h1-8H,9-12H2. The smallest absolute Gasteiger partial charge is 0.228 e. The number of hydrogen-bond acceptors (Lipinski definition) is 3. The molecule has 0 saturated carbocycles. The van der Waals surface area contributed by atoms with Crippen LogP contribution < -0.4 is 9.64 Å². The molecule has 114 valence electrons. The molecule has 3 nitrogen and oxygen atoms in total. The summed E-state index contributed by atoms with van der Waals surface area (Å²) in [5.74, 6) is 1.73. The number of hydrogen-bond donors (Lipinski definition) is 0. The number of halogens is 1. The second-order valence-electron chi connectivity index (χ2n) is 4.91. The molecule has 0 N–H and O–H groups in total. The summed E-state index contributed by atoms with van der Waals surface area (Å²) in [5.41, 5.74) is 0.882. The van der Waals surface area contributed by atoms with Crippen LogP contribution in [0.15, 0.2) is 57.9 Å². The highest BCUT2D eigenvalue weighted by molar-refractivity contribution is 9.10. The van der Waals surface area contributed by atoms with Crippen LogP contribution in [0.2, 0.25) is 0 Å². The zero-order valence-electron chi connectivity index (χ0n) is 12.0. The van der Waals surface area contributed by atoms with Crippen molar-refractivity contribution in [3.05, 3.63) is 53.0 Å². The summed E-state index contributed by atoms with van der Waals surface area (Å²) in [5, 5.41) is 0. The third-order valence-corrected chi connectivity index (χ3v) is 4.97. The molecule has 2 aromatic rings. The first kappa shape index (κ1) is 15.4. The number of amides is 1. The van der Waals surface area contributed by atoms with E-state index in [9.17, 15) is 4.79 Å². The van der Waals surface area contributed by atoms with Gasteiger partial charge in [0, 0.05) is 21.5 Å². The van der Waals surface area contributed by atoms with E-state index in [0.717, 1.165) is 21.7 Å². The van der Waals surface area contributed by atoms with Crippen LogP contribution >= 0.6 is 27.7 Å². The third-order valence-electron chi connectivity index (χ3n) is 3.43. The molecule has 0 saturated heterocycles. The molecule has 5 heteroatoms. The van der Waals surface area contributed by atoms with E-state index in [-0.39, 0.29) is 5.91 Å². The molecule has 0 aromatic heterocycles. The molecule has 0 fully saturated rings. The molecular weight excluding hydrogens is 362 g/mol. The Morgan fingerprint density at radius 2 is 1.95 bits per heavy atom. The van der Waals surface area contributed by atoms with Gasteiger partial charge in [0.05, 0.1) is 12.2 Å². The van der Waals surface area contributed by atoms with Crippen molar-refractivity contribution >= 4 is 39.3 Å². The van der Waals surface area contributed by atoms with Gasteiger partial charge in [0.15, 0.2) is 0 Å². The predicted octanol–water partition coefficient (Wildman–Crippen LogP) is 4.36. The van der Waals surface area contributed by atoms with Gasteiger partial charge in [0.2, 0.25) is 5.91 Å². The Balaban J connectivity index is 1.58. The van der Waals surface area contributed by atoms with E-state index in [1.807, 2.05) is 41.3 Å². The molecule has 0 radical (unpaired) electrons. The van der Waals surface area contributed by atoms with Gasteiger partial charge in [-0.25, -0.2) is 0 Å². The zero-order valence-corrected chi connectivity index (χ0v) is 14.4. The van der Waals surface area contributed by atoms with Crippen LogP contribution in [0.3, 0.4) is 0 Å². The number of nitrogens with zero attached hydrogens (tertiary/aromatic N) is 1. The minimum absolute atomic E-state index is 0.153. The van der Waals surface area contributed by atoms with Crippen LogP contribution in [-0.2, 0) is 4.79 Å². The van der Waals surface area contributed by atoms with Gasteiger partial charge < -0.3 is 9.64 Å². The van der Waals surface area contributed by atoms with Crippen LogP contribution in [0.4, 0.5) is 5.69 Å². The molecule has 0 unspecified atom stereocenters. The minimum atomic E-state index is 0.153. The molecule has 22 heavy (non-hydrogen) atoms. The summed E-state index contributed by atoms with van der Waals surface area (Å²) in [6.45, 7) is 1.18. The highest BCUT2D eigenvalue weighted by atomic mass is 79.9. The summed E-state index contributed by atoms with van der Waals surface area (Å²) in [6.07, 6.45) is 0.523. The van der Waals surface area contributed by atoms with Crippen molar-refractivity contribution in [2.45, 2.75) is 11.3 Å². The number of carbonyl (C=O) groups excluding carboxylic acids is 1. The van der Waals surface area contributed by atoms with Crippen molar-refractivity contribution in [3.63, 3.8) is 0 Å². The number of benzene rings is 2. The normalized spacial score (nSPS) is 13.4. The highest BCUT2D eigenvalue weighted by Gasteiger charge is 2.22. The van der Waals surface area contributed by atoms with Crippen LogP contribution in [0.25, 0.3) is 0 Å². The monoisotopic (exact) mass is 377 g/mol. The first-order chi connectivity index (χ1) is 10.7. The van der Waals surface area contributed by atoms with Gasteiger partial charge in [-0.3, -0.25) is 4.79 Å². The number of thioether (sulfide) groups is 1. The summed E-state index contributed by atoms with van der Waals surface area (Å²) in [4.78, 5) is 15.5. The number of ether oxygens (including phenoxy) is 1. The average molecular weight is 378 g/mol. The van der Waals surface area contributed by atoms with Gasteiger partial charge in [0.25, 0.3) is 0 Å². The first-order valence-corrected chi connectivity index (χ1v) is 8.92. The van der Waals surface area contributed by atoms with E-state index in [1.54, 1.807) is 11.8 Å². The second kappa shape index (κ2) is 7.20. The summed E-state index contributed by atoms with van der Waals surface area (Å²) < 4.78 is 6.65. The lowest BCUT2D eigenvalue weighted by molar-refractivity contribution is -0.118. The Labute approximate surface area is 142 Å². The van der Waals surface area contributed by atoms with Gasteiger partial charge in [-0.15, -0.1) is 11.8 Å². The SMILES string of the molecule is O=C(CCSc1ccc(Br)cc1)N1CCOc2ccccc21. The van der Waals surface area contributed by atoms with E-state index in [4.69, 9.17) is 4.74 Å². The maximum atomic E-state index is 12.5. The molecule has 3 rings (SSSR count). The van der Waals surface area contributed by atoms with Gasteiger partial charge in [-0.2, -0.15) is 0 Å². The maximum Gasteiger partial charge on any atom is 0.228 e. The largest absolute Gasteiger partial charge is 0.490 e.